The number of hydrogen-bond donors (Lipinski definition) is 0. The average molecular weight is 444 g/mol. The number of hydrogen-bond acceptors (Lipinski definition) is 7. The summed E-state index contributed by atoms with van der Waals surface area (Å²) in [5.41, 5.74) is 4.12. The summed E-state index contributed by atoms with van der Waals surface area (Å²) in [6.07, 6.45) is 3.50. The molecule has 168 valence electrons. The van der Waals surface area contributed by atoms with Crippen LogP contribution in [0.1, 0.15) is 32.7 Å². The number of carbonyl (C=O) groups excluding carboxylic acids is 1. The highest BCUT2D eigenvalue weighted by molar-refractivity contribution is 6.15. The quantitative estimate of drug-likeness (QED) is 0.541. The zero-order chi connectivity index (χ0) is 22.9. The topological polar surface area (TPSA) is 70.1 Å². The van der Waals surface area contributed by atoms with Gasteiger partial charge in [-0.25, -0.2) is 0 Å². The van der Waals surface area contributed by atoms with Crippen molar-refractivity contribution in [3.05, 3.63) is 82.4 Å². The zero-order valence-electron chi connectivity index (χ0n) is 18.8. The van der Waals surface area contributed by atoms with E-state index in [9.17, 15) is 4.79 Å². The number of aromatic nitrogens is 1. The standard InChI is InChI=1S/C26H24N2O5/c1-16-25-18(13-28(15-32-25)14-19-6-4-5-9-27-19)12-20-24(29)23(33-26(16)20)11-17-7-8-21(30-2)22(10-17)31-3/h4-12H,13-15H2,1-3H3/b23-11-. The third-order valence-electron chi connectivity index (χ3n) is 5.82. The highest BCUT2D eigenvalue weighted by Crippen LogP contribution is 2.43. The highest BCUT2D eigenvalue weighted by atomic mass is 16.5. The molecule has 0 fully saturated rings. The van der Waals surface area contributed by atoms with Crippen molar-refractivity contribution in [3.63, 3.8) is 0 Å². The molecule has 5 rings (SSSR count). The summed E-state index contributed by atoms with van der Waals surface area (Å²) in [7, 11) is 3.16. The number of rotatable bonds is 5. The normalized spacial score (nSPS) is 16.1. The lowest BCUT2D eigenvalue weighted by atomic mass is 10.00. The van der Waals surface area contributed by atoms with Crippen LogP contribution in [0.25, 0.3) is 6.08 Å². The molecule has 0 bridgehead atoms. The van der Waals surface area contributed by atoms with E-state index in [4.69, 9.17) is 18.9 Å². The third-order valence-corrected chi connectivity index (χ3v) is 5.82. The Morgan fingerprint density at radius 2 is 1.94 bits per heavy atom. The number of nitrogens with zero attached hydrogens (tertiary/aromatic N) is 2. The molecular weight excluding hydrogens is 420 g/mol. The Morgan fingerprint density at radius 1 is 1.09 bits per heavy atom. The van der Waals surface area contributed by atoms with E-state index < -0.39 is 0 Å². The van der Waals surface area contributed by atoms with Crippen molar-refractivity contribution < 1.29 is 23.7 Å². The number of benzene rings is 2. The monoisotopic (exact) mass is 444 g/mol. The molecule has 0 radical (unpaired) electrons. The number of fused-ring (bicyclic) bond motifs is 2. The Hall–Kier alpha value is -3.84. The molecule has 3 aromatic rings. The first-order valence-electron chi connectivity index (χ1n) is 10.6. The summed E-state index contributed by atoms with van der Waals surface area (Å²) in [4.78, 5) is 19.7. The molecule has 33 heavy (non-hydrogen) atoms. The van der Waals surface area contributed by atoms with Gasteiger partial charge < -0.3 is 18.9 Å². The molecule has 7 heteroatoms. The van der Waals surface area contributed by atoms with E-state index in [1.807, 2.05) is 43.3 Å². The van der Waals surface area contributed by atoms with E-state index in [1.165, 1.54) is 0 Å². The lowest BCUT2D eigenvalue weighted by Gasteiger charge is -2.30. The van der Waals surface area contributed by atoms with Gasteiger partial charge in [-0.3, -0.25) is 14.7 Å². The number of pyridine rings is 1. The van der Waals surface area contributed by atoms with Crippen molar-refractivity contribution >= 4 is 11.9 Å². The van der Waals surface area contributed by atoms with Crippen LogP contribution in [-0.2, 0) is 13.1 Å². The molecule has 0 saturated carbocycles. The van der Waals surface area contributed by atoms with Crippen LogP contribution in [0, 0.1) is 6.92 Å². The molecule has 0 spiro atoms. The molecule has 0 unspecified atom stereocenters. The summed E-state index contributed by atoms with van der Waals surface area (Å²) in [6, 6.07) is 13.2. The minimum atomic E-state index is -0.146. The van der Waals surface area contributed by atoms with Crippen molar-refractivity contribution in [3.8, 4) is 23.0 Å². The van der Waals surface area contributed by atoms with E-state index in [0.29, 0.717) is 42.6 Å². The fourth-order valence-electron chi connectivity index (χ4n) is 4.21. The Morgan fingerprint density at radius 3 is 2.70 bits per heavy atom. The van der Waals surface area contributed by atoms with Crippen molar-refractivity contribution in [2.45, 2.75) is 20.0 Å². The van der Waals surface area contributed by atoms with Gasteiger partial charge in [-0.1, -0.05) is 12.1 Å². The second-order valence-corrected chi connectivity index (χ2v) is 8.00. The molecule has 0 saturated heterocycles. The van der Waals surface area contributed by atoms with Gasteiger partial charge in [-0.2, -0.15) is 0 Å². The maximum Gasteiger partial charge on any atom is 0.231 e. The van der Waals surface area contributed by atoms with E-state index in [2.05, 4.69) is 9.88 Å². The molecule has 3 heterocycles. The van der Waals surface area contributed by atoms with E-state index in [0.717, 1.165) is 28.1 Å². The largest absolute Gasteiger partial charge is 0.493 e. The number of Topliss-reactive ketones (excluding diaryl/α,β-unsaturated/α-hetero) is 1. The Bertz CT molecular complexity index is 1250. The summed E-state index contributed by atoms with van der Waals surface area (Å²) in [5.74, 6) is 2.68. The minimum Gasteiger partial charge on any atom is -0.493 e. The molecule has 2 aliphatic rings. The summed E-state index contributed by atoms with van der Waals surface area (Å²) < 4.78 is 22.7. The summed E-state index contributed by atoms with van der Waals surface area (Å²) >= 11 is 0. The van der Waals surface area contributed by atoms with Crippen LogP contribution in [0.15, 0.2) is 54.4 Å². The smallest absolute Gasteiger partial charge is 0.231 e. The molecule has 2 aliphatic heterocycles. The van der Waals surface area contributed by atoms with Gasteiger partial charge in [0, 0.05) is 30.4 Å². The number of carbonyl (C=O) groups is 1. The van der Waals surface area contributed by atoms with Crippen LogP contribution in [0.3, 0.4) is 0 Å². The number of ether oxygens (including phenoxy) is 4. The van der Waals surface area contributed by atoms with Crippen molar-refractivity contribution in [1.82, 2.24) is 9.88 Å². The van der Waals surface area contributed by atoms with Crippen molar-refractivity contribution in [2.75, 3.05) is 21.0 Å². The maximum atomic E-state index is 13.2. The molecule has 0 N–H and O–H groups in total. The summed E-state index contributed by atoms with van der Waals surface area (Å²) in [6.45, 7) is 3.72. The average Bonchev–Trinajstić information content (AvgIpc) is 3.15. The minimum absolute atomic E-state index is 0.146. The maximum absolute atomic E-state index is 13.2. The van der Waals surface area contributed by atoms with Gasteiger partial charge >= 0.3 is 0 Å². The first-order valence-corrected chi connectivity index (χ1v) is 10.6. The van der Waals surface area contributed by atoms with Crippen LogP contribution >= 0.6 is 0 Å². The van der Waals surface area contributed by atoms with E-state index in [-0.39, 0.29) is 11.5 Å². The summed E-state index contributed by atoms with van der Waals surface area (Å²) in [5, 5.41) is 0. The van der Waals surface area contributed by atoms with Crippen LogP contribution in [0.2, 0.25) is 0 Å². The number of ketones is 1. The molecule has 1 aromatic heterocycles. The van der Waals surface area contributed by atoms with Gasteiger partial charge in [0.15, 0.2) is 17.3 Å². The Labute approximate surface area is 192 Å². The fourth-order valence-corrected chi connectivity index (χ4v) is 4.21. The molecule has 7 nitrogen and oxygen atoms in total. The molecule has 0 amide bonds. The molecule has 0 aliphatic carbocycles. The van der Waals surface area contributed by atoms with Gasteiger partial charge in [0.25, 0.3) is 0 Å². The van der Waals surface area contributed by atoms with Crippen LogP contribution < -0.4 is 18.9 Å². The Kier molecular flexibility index (Phi) is 5.48. The Balaban J connectivity index is 1.42. The predicted octanol–water partition coefficient (Wildman–Crippen LogP) is 4.38. The molecule has 2 aromatic carbocycles. The van der Waals surface area contributed by atoms with Crippen LogP contribution in [0.5, 0.6) is 23.0 Å². The second kappa shape index (κ2) is 8.60. The number of allylic oxidation sites excluding steroid dienone is 1. The zero-order valence-corrected chi connectivity index (χ0v) is 18.8. The SMILES string of the molecule is COc1ccc(/C=C2\Oc3c(cc4c(c3C)OCN(Cc3ccccn3)C4)C2=O)cc1OC. The van der Waals surface area contributed by atoms with Gasteiger partial charge in [0.2, 0.25) is 5.78 Å². The van der Waals surface area contributed by atoms with Crippen LogP contribution in [0.4, 0.5) is 0 Å². The fraction of sp³-hybridized carbons (Fsp3) is 0.231. The molecular formula is C26H24N2O5. The van der Waals surface area contributed by atoms with Gasteiger partial charge in [-0.05, 0) is 48.9 Å². The first-order chi connectivity index (χ1) is 16.1. The second-order valence-electron chi connectivity index (χ2n) is 8.00. The van der Waals surface area contributed by atoms with Gasteiger partial charge in [0.05, 0.1) is 25.5 Å². The first kappa shape index (κ1) is 21.0. The van der Waals surface area contributed by atoms with Crippen molar-refractivity contribution in [1.29, 1.82) is 0 Å². The van der Waals surface area contributed by atoms with Gasteiger partial charge in [0.1, 0.15) is 18.2 Å². The predicted molar refractivity (Wildman–Crippen MR) is 123 cm³/mol. The van der Waals surface area contributed by atoms with Gasteiger partial charge in [-0.15, -0.1) is 0 Å². The molecule has 0 atom stereocenters. The lowest BCUT2D eigenvalue weighted by Crippen LogP contribution is -2.32. The number of methoxy groups -OCH3 is 2. The van der Waals surface area contributed by atoms with E-state index >= 15 is 0 Å². The van der Waals surface area contributed by atoms with E-state index in [1.54, 1.807) is 32.6 Å². The lowest BCUT2D eigenvalue weighted by molar-refractivity contribution is 0.0865. The highest BCUT2D eigenvalue weighted by Gasteiger charge is 2.33. The third kappa shape index (κ3) is 3.91. The van der Waals surface area contributed by atoms with Crippen LogP contribution in [-0.4, -0.2) is 36.6 Å². The van der Waals surface area contributed by atoms with Crippen molar-refractivity contribution in [2.24, 2.45) is 0 Å².